The van der Waals surface area contributed by atoms with Crippen LogP contribution in [0.15, 0.2) is 64.3 Å². The fraction of sp³-hybridized carbons (Fsp3) is 0.136. The summed E-state index contributed by atoms with van der Waals surface area (Å²) >= 11 is 1.37. The average Bonchev–Trinajstić information content (AvgIpc) is 3.37. The van der Waals surface area contributed by atoms with Crippen LogP contribution in [-0.2, 0) is 0 Å². The van der Waals surface area contributed by atoms with Crippen molar-refractivity contribution in [1.82, 2.24) is 4.98 Å². The van der Waals surface area contributed by atoms with E-state index in [1.54, 1.807) is 25.5 Å². The molecule has 6 nitrogen and oxygen atoms in total. The molecular weight excluding hydrogens is 386 g/mol. The summed E-state index contributed by atoms with van der Waals surface area (Å²) in [4.78, 5) is 18.0. The molecule has 0 radical (unpaired) electrons. The topological polar surface area (TPSA) is 67.9 Å². The van der Waals surface area contributed by atoms with Crippen LogP contribution in [0.5, 0.6) is 5.75 Å². The van der Waals surface area contributed by atoms with Crippen molar-refractivity contribution >= 4 is 38.8 Å². The number of ether oxygens (including phenoxy) is 1. The van der Waals surface area contributed by atoms with Gasteiger partial charge in [-0.3, -0.25) is 4.79 Å². The second-order valence-corrected chi connectivity index (χ2v) is 7.53. The Hall–Kier alpha value is -3.45. The van der Waals surface area contributed by atoms with E-state index in [0.717, 1.165) is 27.1 Å². The van der Waals surface area contributed by atoms with E-state index >= 15 is 0 Å². The molecule has 146 valence electrons. The molecule has 0 aliphatic heterocycles. The lowest BCUT2D eigenvalue weighted by molar-refractivity contribution is 0.0987. The molecule has 0 fully saturated rings. The van der Waals surface area contributed by atoms with Gasteiger partial charge in [-0.25, -0.2) is 4.98 Å². The minimum atomic E-state index is -0.253. The summed E-state index contributed by atoms with van der Waals surface area (Å²) in [5.74, 6) is 1.03. The smallest absolute Gasteiger partial charge is 0.281 e. The minimum absolute atomic E-state index is 0.253. The lowest BCUT2D eigenvalue weighted by Crippen LogP contribution is -2.26. The number of hydrazone groups is 1. The van der Waals surface area contributed by atoms with Crippen molar-refractivity contribution in [3.63, 3.8) is 0 Å². The fourth-order valence-electron chi connectivity index (χ4n) is 2.95. The average molecular weight is 405 g/mol. The van der Waals surface area contributed by atoms with E-state index in [1.165, 1.54) is 22.6 Å². The lowest BCUT2D eigenvalue weighted by Gasteiger charge is -2.15. The summed E-state index contributed by atoms with van der Waals surface area (Å²) in [6, 6.07) is 14.8. The van der Waals surface area contributed by atoms with E-state index in [9.17, 15) is 4.79 Å². The van der Waals surface area contributed by atoms with Crippen LogP contribution in [0, 0.1) is 13.8 Å². The Morgan fingerprint density at radius 1 is 1.21 bits per heavy atom. The Balaban J connectivity index is 1.78. The first-order valence-corrected chi connectivity index (χ1v) is 9.80. The summed E-state index contributed by atoms with van der Waals surface area (Å²) in [6.07, 6.45) is 3.07. The molecule has 0 spiro atoms. The van der Waals surface area contributed by atoms with Crippen LogP contribution < -0.4 is 9.75 Å². The van der Waals surface area contributed by atoms with Crippen LogP contribution in [0.25, 0.3) is 10.2 Å². The van der Waals surface area contributed by atoms with E-state index < -0.39 is 0 Å². The number of carbonyl (C=O) groups excluding carboxylic acids is 1. The SMILES string of the molecule is COc1ccc2nc(N(/N=C\c3ccco3)C(=O)c3ccc(C)cc3C)sc2c1. The summed E-state index contributed by atoms with van der Waals surface area (Å²) in [7, 11) is 1.62. The van der Waals surface area contributed by atoms with Gasteiger partial charge in [0.1, 0.15) is 11.5 Å². The number of nitrogens with zero attached hydrogens (tertiary/aromatic N) is 3. The molecule has 4 rings (SSSR count). The van der Waals surface area contributed by atoms with Crippen LogP contribution >= 0.6 is 11.3 Å². The van der Waals surface area contributed by atoms with Crippen molar-refractivity contribution in [2.24, 2.45) is 5.10 Å². The Morgan fingerprint density at radius 3 is 2.79 bits per heavy atom. The maximum atomic E-state index is 13.4. The predicted octanol–water partition coefficient (Wildman–Crippen LogP) is 5.20. The molecule has 0 saturated carbocycles. The molecule has 0 unspecified atom stereocenters. The van der Waals surface area contributed by atoms with E-state index in [0.29, 0.717) is 16.5 Å². The fourth-order valence-corrected chi connectivity index (χ4v) is 3.90. The molecule has 0 saturated heterocycles. The second kappa shape index (κ2) is 7.89. The highest BCUT2D eigenvalue weighted by Crippen LogP contribution is 2.32. The van der Waals surface area contributed by atoms with Crippen LogP contribution in [0.3, 0.4) is 0 Å². The number of benzene rings is 2. The van der Waals surface area contributed by atoms with Gasteiger partial charge in [0.15, 0.2) is 0 Å². The van der Waals surface area contributed by atoms with Crippen molar-refractivity contribution in [1.29, 1.82) is 0 Å². The largest absolute Gasteiger partial charge is 0.497 e. The maximum absolute atomic E-state index is 13.4. The number of anilines is 1. The van der Waals surface area contributed by atoms with Crippen molar-refractivity contribution in [2.75, 3.05) is 12.1 Å². The minimum Gasteiger partial charge on any atom is -0.497 e. The van der Waals surface area contributed by atoms with Gasteiger partial charge in [0.25, 0.3) is 5.91 Å². The number of carbonyl (C=O) groups is 1. The molecule has 0 aliphatic carbocycles. The molecule has 2 heterocycles. The first-order chi connectivity index (χ1) is 14.0. The van der Waals surface area contributed by atoms with Gasteiger partial charge in [-0.15, -0.1) is 0 Å². The summed E-state index contributed by atoms with van der Waals surface area (Å²) in [5.41, 5.74) is 3.33. The summed E-state index contributed by atoms with van der Waals surface area (Å²) in [6.45, 7) is 3.91. The van der Waals surface area contributed by atoms with Crippen LogP contribution in [-0.4, -0.2) is 24.2 Å². The number of fused-ring (bicyclic) bond motifs is 1. The molecule has 29 heavy (non-hydrogen) atoms. The van der Waals surface area contributed by atoms with Crippen molar-refractivity contribution < 1.29 is 13.9 Å². The van der Waals surface area contributed by atoms with Crippen LogP contribution in [0.1, 0.15) is 27.2 Å². The van der Waals surface area contributed by atoms with E-state index in [2.05, 4.69) is 10.1 Å². The van der Waals surface area contributed by atoms with Gasteiger partial charge in [0, 0.05) is 5.56 Å². The van der Waals surface area contributed by atoms with Gasteiger partial charge in [-0.1, -0.05) is 29.0 Å². The zero-order valence-corrected chi connectivity index (χ0v) is 17.1. The molecule has 0 atom stereocenters. The van der Waals surface area contributed by atoms with Gasteiger partial charge in [0.05, 0.1) is 29.8 Å². The predicted molar refractivity (Wildman–Crippen MR) is 115 cm³/mol. The molecule has 1 amide bonds. The number of methoxy groups -OCH3 is 1. The van der Waals surface area contributed by atoms with Crippen LogP contribution in [0.4, 0.5) is 5.13 Å². The maximum Gasteiger partial charge on any atom is 0.281 e. The number of thiazole rings is 1. The molecule has 2 aromatic carbocycles. The highest BCUT2D eigenvalue weighted by molar-refractivity contribution is 7.22. The normalized spacial score (nSPS) is 11.3. The molecular formula is C22H19N3O3S. The molecule has 4 aromatic rings. The number of hydrogen-bond donors (Lipinski definition) is 0. The monoisotopic (exact) mass is 405 g/mol. The number of furan rings is 1. The van der Waals surface area contributed by atoms with Crippen molar-refractivity contribution in [3.05, 3.63) is 77.2 Å². The molecule has 0 aliphatic rings. The number of hydrogen-bond acceptors (Lipinski definition) is 6. The molecule has 0 bridgehead atoms. The number of aryl methyl sites for hydroxylation is 2. The molecule has 2 aromatic heterocycles. The Morgan fingerprint density at radius 2 is 2.07 bits per heavy atom. The van der Waals surface area contributed by atoms with Crippen molar-refractivity contribution in [2.45, 2.75) is 13.8 Å². The van der Waals surface area contributed by atoms with Gasteiger partial charge in [0.2, 0.25) is 5.13 Å². The van der Waals surface area contributed by atoms with E-state index in [1.807, 2.05) is 50.2 Å². The Labute approximate surface area is 172 Å². The third-order valence-electron chi connectivity index (χ3n) is 4.41. The van der Waals surface area contributed by atoms with E-state index in [-0.39, 0.29) is 5.91 Å². The standard InChI is InChI=1S/C22H19N3O3S/c1-14-6-8-18(15(2)11-14)21(26)25(23-13-17-5-4-10-28-17)22-24-19-9-7-16(27-3)12-20(19)29-22/h4-13H,1-3H3/b23-13-. The summed E-state index contributed by atoms with van der Waals surface area (Å²) < 4.78 is 11.5. The molecule has 0 N–H and O–H groups in total. The van der Waals surface area contributed by atoms with Gasteiger partial charge in [-0.2, -0.15) is 10.1 Å². The quantitative estimate of drug-likeness (QED) is 0.338. The Kier molecular flexibility index (Phi) is 5.14. The van der Waals surface area contributed by atoms with E-state index in [4.69, 9.17) is 9.15 Å². The number of aromatic nitrogens is 1. The highest BCUT2D eigenvalue weighted by Gasteiger charge is 2.22. The van der Waals surface area contributed by atoms with Gasteiger partial charge in [-0.05, 0) is 55.8 Å². The summed E-state index contributed by atoms with van der Waals surface area (Å²) in [5, 5.41) is 6.19. The van der Waals surface area contributed by atoms with Crippen LogP contribution in [0.2, 0.25) is 0 Å². The third-order valence-corrected chi connectivity index (χ3v) is 5.41. The lowest BCUT2D eigenvalue weighted by atomic mass is 10.1. The number of rotatable bonds is 5. The van der Waals surface area contributed by atoms with Crippen molar-refractivity contribution in [3.8, 4) is 5.75 Å². The third kappa shape index (κ3) is 3.90. The zero-order chi connectivity index (χ0) is 20.4. The second-order valence-electron chi connectivity index (χ2n) is 6.53. The molecule has 7 heteroatoms. The van der Waals surface area contributed by atoms with Gasteiger partial charge >= 0.3 is 0 Å². The number of amides is 1. The highest BCUT2D eigenvalue weighted by atomic mass is 32.1. The van der Waals surface area contributed by atoms with Gasteiger partial charge < -0.3 is 9.15 Å². The zero-order valence-electron chi connectivity index (χ0n) is 16.2. The Bertz CT molecular complexity index is 1200. The first-order valence-electron chi connectivity index (χ1n) is 8.99. The first kappa shape index (κ1) is 18.9.